The van der Waals surface area contributed by atoms with E-state index in [4.69, 9.17) is 0 Å². The van der Waals surface area contributed by atoms with Crippen LogP contribution < -0.4 is 0 Å². The van der Waals surface area contributed by atoms with E-state index in [2.05, 4.69) is 42.2 Å². The largest absolute Gasteiger partial charge is 0.296 e. The normalized spacial score (nSPS) is 22.8. The minimum Gasteiger partial charge on any atom is -0.296 e. The predicted octanol–water partition coefficient (Wildman–Crippen LogP) is 3.06. The van der Waals surface area contributed by atoms with Crippen molar-refractivity contribution in [2.45, 2.75) is 38.8 Å². The Balaban J connectivity index is 1.97. The van der Waals surface area contributed by atoms with Crippen LogP contribution in [-0.2, 0) is 6.54 Å². The van der Waals surface area contributed by atoms with Crippen molar-refractivity contribution in [2.24, 2.45) is 0 Å². The zero-order chi connectivity index (χ0) is 9.80. The lowest BCUT2D eigenvalue weighted by molar-refractivity contribution is 0.240. The third kappa shape index (κ3) is 2.16. The number of likely N-dealkylation sites (tertiary alicyclic amines) is 1. The standard InChI is InChI=1S/C13H19N/c1-2-13-9-6-10-14(13)11-12-7-4-3-5-8-12/h3-5,7-8,13H,2,6,9-11H2,1H3/t13-/m1/s1. The summed E-state index contributed by atoms with van der Waals surface area (Å²) < 4.78 is 0. The minimum absolute atomic E-state index is 0.829. The van der Waals surface area contributed by atoms with Crippen LogP contribution >= 0.6 is 0 Å². The van der Waals surface area contributed by atoms with Crippen LogP contribution in [0.5, 0.6) is 0 Å². The van der Waals surface area contributed by atoms with Gasteiger partial charge >= 0.3 is 0 Å². The highest BCUT2D eigenvalue weighted by Crippen LogP contribution is 2.21. The molecule has 2 rings (SSSR count). The van der Waals surface area contributed by atoms with Crippen LogP contribution in [0, 0.1) is 0 Å². The summed E-state index contributed by atoms with van der Waals surface area (Å²) >= 11 is 0. The van der Waals surface area contributed by atoms with Gasteiger partial charge in [-0.3, -0.25) is 4.90 Å². The molecule has 76 valence electrons. The van der Waals surface area contributed by atoms with Gasteiger partial charge < -0.3 is 0 Å². The fourth-order valence-electron chi connectivity index (χ4n) is 2.38. The summed E-state index contributed by atoms with van der Waals surface area (Å²) in [7, 11) is 0. The molecule has 1 nitrogen and oxygen atoms in total. The van der Waals surface area contributed by atoms with Gasteiger partial charge in [-0.25, -0.2) is 0 Å². The Labute approximate surface area is 86.7 Å². The van der Waals surface area contributed by atoms with Gasteiger partial charge in [-0.15, -0.1) is 0 Å². The Morgan fingerprint density at radius 2 is 2.07 bits per heavy atom. The quantitative estimate of drug-likeness (QED) is 0.706. The lowest BCUT2D eigenvalue weighted by Crippen LogP contribution is -2.28. The number of hydrogen-bond donors (Lipinski definition) is 0. The lowest BCUT2D eigenvalue weighted by atomic mass is 10.1. The molecule has 0 aliphatic carbocycles. The Hall–Kier alpha value is -0.820. The van der Waals surface area contributed by atoms with Crippen molar-refractivity contribution < 1.29 is 0 Å². The molecule has 1 fully saturated rings. The van der Waals surface area contributed by atoms with Crippen LogP contribution in [-0.4, -0.2) is 17.5 Å². The van der Waals surface area contributed by atoms with E-state index in [0.717, 1.165) is 12.6 Å². The van der Waals surface area contributed by atoms with E-state index in [0.29, 0.717) is 0 Å². The monoisotopic (exact) mass is 189 g/mol. The molecule has 1 heterocycles. The Morgan fingerprint density at radius 3 is 2.79 bits per heavy atom. The maximum Gasteiger partial charge on any atom is 0.0236 e. The van der Waals surface area contributed by atoms with Crippen LogP contribution in [0.1, 0.15) is 31.7 Å². The van der Waals surface area contributed by atoms with Gasteiger partial charge in [0.05, 0.1) is 0 Å². The molecule has 1 aromatic rings. The maximum atomic E-state index is 2.62. The molecule has 0 amide bonds. The molecule has 0 spiro atoms. The molecular formula is C13H19N. The second-order valence-electron chi connectivity index (χ2n) is 4.16. The summed E-state index contributed by atoms with van der Waals surface area (Å²) in [6.45, 7) is 4.72. The van der Waals surface area contributed by atoms with Crippen LogP contribution in [0.2, 0.25) is 0 Å². The molecular weight excluding hydrogens is 170 g/mol. The third-order valence-corrected chi connectivity index (χ3v) is 3.20. The van der Waals surface area contributed by atoms with Gasteiger partial charge in [-0.2, -0.15) is 0 Å². The molecule has 0 bridgehead atoms. The molecule has 1 aliphatic rings. The Bertz CT molecular complexity index is 268. The molecule has 1 atom stereocenters. The highest BCUT2D eigenvalue weighted by molar-refractivity contribution is 5.14. The molecule has 1 heteroatoms. The summed E-state index contributed by atoms with van der Waals surface area (Å²) in [6.07, 6.45) is 4.07. The first-order valence-corrected chi connectivity index (χ1v) is 5.68. The van der Waals surface area contributed by atoms with Gasteiger partial charge in [-0.1, -0.05) is 37.3 Å². The first-order chi connectivity index (χ1) is 6.90. The van der Waals surface area contributed by atoms with Crippen molar-refractivity contribution in [1.82, 2.24) is 4.90 Å². The van der Waals surface area contributed by atoms with Crippen LogP contribution in [0.15, 0.2) is 30.3 Å². The number of nitrogens with zero attached hydrogens (tertiary/aromatic N) is 1. The van der Waals surface area contributed by atoms with Crippen LogP contribution in [0.3, 0.4) is 0 Å². The second kappa shape index (κ2) is 4.61. The number of benzene rings is 1. The zero-order valence-corrected chi connectivity index (χ0v) is 8.95. The summed E-state index contributed by atoms with van der Waals surface area (Å²) in [5.41, 5.74) is 1.45. The third-order valence-electron chi connectivity index (χ3n) is 3.20. The van der Waals surface area contributed by atoms with Gasteiger partial charge in [0.2, 0.25) is 0 Å². The van der Waals surface area contributed by atoms with E-state index in [9.17, 15) is 0 Å². The van der Waals surface area contributed by atoms with E-state index < -0.39 is 0 Å². The smallest absolute Gasteiger partial charge is 0.0236 e. The SMILES string of the molecule is CC[C@@H]1CCCN1Cc1ccccc1. The van der Waals surface area contributed by atoms with Gasteiger partial charge in [-0.05, 0) is 31.4 Å². The highest BCUT2D eigenvalue weighted by atomic mass is 15.2. The Kier molecular flexibility index (Phi) is 3.20. The van der Waals surface area contributed by atoms with Gasteiger partial charge in [0, 0.05) is 12.6 Å². The fourth-order valence-corrected chi connectivity index (χ4v) is 2.38. The first-order valence-electron chi connectivity index (χ1n) is 5.68. The molecule has 1 aromatic carbocycles. The molecule has 0 N–H and O–H groups in total. The molecule has 0 saturated carbocycles. The molecule has 0 aromatic heterocycles. The molecule has 0 radical (unpaired) electrons. The molecule has 14 heavy (non-hydrogen) atoms. The first kappa shape index (κ1) is 9.72. The predicted molar refractivity (Wildman–Crippen MR) is 60.2 cm³/mol. The minimum atomic E-state index is 0.829. The van der Waals surface area contributed by atoms with Crippen molar-refractivity contribution >= 4 is 0 Å². The highest BCUT2D eigenvalue weighted by Gasteiger charge is 2.22. The number of rotatable bonds is 3. The average Bonchev–Trinajstić information content (AvgIpc) is 2.67. The maximum absolute atomic E-state index is 2.62. The van der Waals surface area contributed by atoms with Crippen molar-refractivity contribution in [2.75, 3.05) is 6.54 Å². The molecule has 1 saturated heterocycles. The number of hydrogen-bond acceptors (Lipinski definition) is 1. The van der Waals surface area contributed by atoms with E-state index >= 15 is 0 Å². The van der Waals surface area contributed by atoms with Gasteiger partial charge in [0.15, 0.2) is 0 Å². The van der Waals surface area contributed by atoms with Crippen molar-refractivity contribution in [3.05, 3.63) is 35.9 Å². The fraction of sp³-hybridized carbons (Fsp3) is 0.538. The van der Waals surface area contributed by atoms with E-state index in [1.807, 2.05) is 0 Å². The zero-order valence-electron chi connectivity index (χ0n) is 8.95. The van der Waals surface area contributed by atoms with Crippen LogP contribution in [0.4, 0.5) is 0 Å². The topological polar surface area (TPSA) is 3.24 Å². The summed E-state index contributed by atoms with van der Waals surface area (Å²) in [5.74, 6) is 0. The van der Waals surface area contributed by atoms with Crippen LogP contribution in [0.25, 0.3) is 0 Å². The summed E-state index contributed by atoms with van der Waals surface area (Å²) in [5, 5.41) is 0. The van der Waals surface area contributed by atoms with E-state index in [1.54, 1.807) is 0 Å². The van der Waals surface area contributed by atoms with E-state index in [1.165, 1.54) is 31.4 Å². The van der Waals surface area contributed by atoms with Gasteiger partial charge in [0.25, 0.3) is 0 Å². The average molecular weight is 189 g/mol. The van der Waals surface area contributed by atoms with Crippen molar-refractivity contribution in [3.63, 3.8) is 0 Å². The van der Waals surface area contributed by atoms with Crippen molar-refractivity contribution in [3.8, 4) is 0 Å². The van der Waals surface area contributed by atoms with E-state index in [-0.39, 0.29) is 0 Å². The molecule has 0 unspecified atom stereocenters. The lowest BCUT2D eigenvalue weighted by Gasteiger charge is -2.23. The second-order valence-corrected chi connectivity index (χ2v) is 4.16. The Morgan fingerprint density at radius 1 is 1.29 bits per heavy atom. The van der Waals surface area contributed by atoms with Crippen molar-refractivity contribution in [1.29, 1.82) is 0 Å². The molecule has 1 aliphatic heterocycles. The van der Waals surface area contributed by atoms with Gasteiger partial charge in [0.1, 0.15) is 0 Å². The summed E-state index contributed by atoms with van der Waals surface area (Å²) in [4.78, 5) is 2.62. The summed E-state index contributed by atoms with van der Waals surface area (Å²) in [6, 6.07) is 11.6.